The van der Waals surface area contributed by atoms with Crippen molar-refractivity contribution in [3.63, 3.8) is 0 Å². The zero-order chi connectivity index (χ0) is 13.0. The fourth-order valence-electron chi connectivity index (χ4n) is 3.56. The van der Waals surface area contributed by atoms with Gasteiger partial charge < -0.3 is 4.98 Å². The van der Waals surface area contributed by atoms with E-state index in [4.69, 9.17) is 4.98 Å². The number of nitrogens with one attached hydrogen (secondary N) is 1. The molecule has 4 rings (SSSR count). The van der Waals surface area contributed by atoms with Crippen molar-refractivity contribution in [2.45, 2.75) is 38.5 Å². The lowest BCUT2D eigenvalue weighted by Crippen LogP contribution is -2.15. The van der Waals surface area contributed by atoms with Crippen LogP contribution in [0.4, 0.5) is 0 Å². The van der Waals surface area contributed by atoms with E-state index in [2.05, 4.69) is 46.0 Å². The number of rotatable bonds is 4. The molecule has 1 aromatic carbocycles. The van der Waals surface area contributed by atoms with Crippen molar-refractivity contribution in [3.05, 3.63) is 28.5 Å². The van der Waals surface area contributed by atoms with Gasteiger partial charge in [0.25, 0.3) is 0 Å². The van der Waals surface area contributed by atoms with Gasteiger partial charge in [-0.25, -0.2) is 4.98 Å². The van der Waals surface area contributed by atoms with E-state index in [9.17, 15) is 0 Å². The molecule has 19 heavy (non-hydrogen) atoms. The molecule has 100 valence electrons. The largest absolute Gasteiger partial charge is 0.342 e. The van der Waals surface area contributed by atoms with Crippen LogP contribution in [-0.4, -0.2) is 9.97 Å². The fourth-order valence-corrected chi connectivity index (χ4v) is 3.92. The van der Waals surface area contributed by atoms with Crippen LogP contribution < -0.4 is 0 Å². The Bertz CT molecular complexity index is 598. The third-order valence-corrected chi connectivity index (χ3v) is 5.30. The number of halogens is 1. The molecule has 1 unspecified atom stereocenters. The van der Waals surface area contributed by atoms with Gasteiger partial charge in [0.05, 0.1) is 11.0 Å². The molecule has 2 aromatic rings. The maximum Gasteiger partial charge on any atom is 0.110 e. The minimum absolute atomic E-state index is 0.575. The molecule has 0 spiro atoms. The highest BCUT2D eigenvalue weighted by molar-refractivity contribution is 9.10. The van der Waals surface area contributed by atoms with Crippen molar-refractivity contribution in [1.82, 2.24) is 9.97 Å². The molecule has 1 heterocycles. The molecule has 0 saturated heterocycles. The Morgan fingerprint density at radius 1 is 1.21 bits per heavy atom. The summed E-state index contributed by atoms with van der Waals surface area (Å²) in [6.07, 6.45) is 5.77. The van der Waals surface area contributed by atoms with E-state index in [1.165, 1.54) is 31.5 Å². The Hall–Kier alpha value is -0.830. The third kappa shape index (κ3) is 2.22. The van der Waals surface area contributed by atoms with Gasteiger partial charge in [0.2, 0.25) is 0 Å². The van der Waals surface area contributed by atoms with E-state index in [-0.39, 0.29) is 0 Å². The first kappa shape index (κ1) is 12.0. The summed E-state index contributed by atoms with van der Waals surface area (Å²) in [6.45, 7) is 2.37. The third-order valence-electron chi connectivity index (χ3n) is 4.80. The van der Waals surface area contributed by atoms with Crippen molar-refractivity contribution in [1.29, 1.82) is 0 Å². The summed E-state index contributed by atoms with van der Waals surface area (Å²) in [5.41, 5.74) is 2.25. The van der Waals surface area contributed by atoms with E-state index < -0.39 is 0 Å². The molecule has 2 aliphatic carbocycles. The molecule has 0 bridgehead atoms. The molecule has 0 amide bonds. The number of H-pyrrole nitrogens is 1. The number of nitrogens with zero attached hydrogens (tertiary/aromatic N) is 1. The van der Waals surface area contributed by atoms with Crippen molar-refractivity contribution < 1.29 is 0 Å². The van der Waals surface area contributed by atoms with Crippen LogP contribution in [0.1, 0.15) is 44.3 Å². The number of hydrogen-bond acceptors (Lipinski definition) is 1. The molecule has 3 heteroatoms. The number of aromatic nitrogens is 2. The summed E-state index contributed by atoms with van der Waals surface area (Å²) in [5, 5.41) is 0. The average Bonchev–Trinajstić information content (AvgIpc) is 3.30. The first-order chi connectivity index (χ1) is 9.22. The van der Waals surface area contributed by atoms with Gasteiger partial charge in [0, 0.05) is 10.4 Å². The van der Waals surface area contributed by atoms with Gasteiger partial charge in [0.1, 0.15) is 5.82 Å². The number of benzene rings is 1. The fraction of sp³-hybridized carbons (Fsp3) is 0.562. The predicted molar refractivity (Wildman–Crippen MR) is 81.1 cm³/mol. The summed E-state index contributed by atoms with van der Waals surface area (Å²) in [6, 6.07) is 6.29. The van der Waals surface area contributed by atoms with Crippen LogP contribution in [0.2, 0.25) is 0 Å². The van der Waals surface area contributed by atoms with Crippen molar-refractivity contribution >= 4 is 27.0 Å². The summed E-state index contributed by atoms with van der Waals surface area (Å²) >= 11 is 3.53. The average molecular weight is 319 g/mol. The quantitative estimate of drug-likeness (QED) is 0.856. The molecule has 2 saturated carbocycles. The molecule has 1 N–H and O–H groups in total. The van der Waals surface area contributed by atoms with E-state index >= 15 is 0 Å². The van der Waals surface area contributed by atoms with Crippen LogP contribution in [0.5, 0.6) is 0 Å². The van der Waals surface area contributed by atoms with Crippen molar-refractivity contribution in [2.75, 3.05) is 0 Å². The van der Waals surface area contributed by atoms with Gasteiger partial charge in [-0.3, -0.25) is 0 Å². The number of imidazole rings is 1. The van der Waals surface area contributed by atoms with E-state index in [0.29, 0.717) is 5.92 Å². The first-order valence-corrected chi connectivity index (χ1v) is 8.17. The SMILES string of the molecule is CC(c1nc2ccc(Br)cc2[nH]1)C(C1CC1)C1CC1. The zero-order valence-electron chi connectivity index (χ0n) is 11.2. The Balaban J connectivity index is 1.68. The molecule has 1 atom stereocenters. The number of aromatic amines is 1. The second-order valence-corrected chi connectivity index (χ2v) is 7.24. The lowest BCUT2D eigenvalue weighted by atomic mass is 9.85. The lowest BCUT2D eigenvalue weighted by molar-refractivity contribution is 0.338. The maximum atomic E-state index is 4.82. The smallest absolute Gasteiger partial charge is 0.110 e. The molecule has 1 aromatic heterocycles. The van der Waals surface area contributed by atoms with E-state index in [0.717, 1.165) is 33.3 Å². The van der Waals surface area contributed by atoms with E-state index in [1.807, 2.05) is 0 Å². The Labute approximate surface area is 122 Å². The predicted octanol–water partition coefficient (Wildman–Crippen LogP) is 4.87. The van der Waals surface area contributed by atoms with Gasteiger partial charge >= 0.3 is 0 Å². The molecule has 2 fully saturated rings. The number of hydrogen-bond donors (Lipinski definition) is 1. The van der Waals surface area contributed by atoms with Crippen molar-refractivity contribution in [2.24, 2.45) is 17.8 Å². The van der Waals surface area contributed by atoms with Crippen LogP contribution in [-0.2, 0) is 0 Å². The normalized spacial score (nSPS) is 21.2. The van der Waals surface area contributed by atoms with Gasteiger partial charge in [-0.2, -0.15) is 0 Å². The molecule has 2 nitrogen and oxygen atoms in total. The highest BCUT2D eigenvalue weighted by Crippen LogP contribution is 2.54. The monoisotopic (exact) mass is 318 g/mol. The summed E-state index contributed by atoms with van der Waals surface area (Å²) in [5.74, 6) is 4.58. The second kappa shape index (κ2) is 4.34. The molecular weight excluding hydrogens is 300 g/mol. The lowest BCUT2D eigenvalue weighted by Gasteiger charge is -2.21. The molecule has 0 radical (unpaired) electrons. The van der Waals surface area contributed by atoms with Gasteiger partial charge in [-0.05, 0) is 61.6 Å². The maximum absolute atomic E-state index is 4.82. The zero-order valence-corrected chi connectivity index (χ0v) is 12.8. The van der Waals surface area contributed by atoms with Crippen LogP contribution in [0.15, 0.2) is 22.7 Å². The molecule has 2 aliphatic rings. The summed E-state index contributed by atoms with van der Waals surface area (Å²) in [4.78, 5) is 8.36. The number of fused-ring (bicyclic) bond motifs is 1. The van der Waals surface area contributed by atoms with Crippen LogP contribution >= 0.6 is 15.9 Å². The summed E-state index contributed by atoms with van der Waals surface area (Å²) in [7, 11) is 0. The van der Waals surface area contributed by atoms with Gasteiger partial charge in [-0.15, -0.1) is 0 Å². The van der Waals surface area contributed by atoms with Gasteiger partial charge in [0.15, 0.2) is 0 Å². The van der Waals surface area contributed by atoms with Crippen molar-refractivity contribution in [3.8, 4) is 0 Å². The second-order valence-electron chi connectivity index (χ2n) is 6.32. The molecule has 0 aliphatic heterocycles. The summed E-state index contributed by atoms with van der Waals surface area (Å²) < 4.78 is 1.11. The standard InChI is InChI=1S/C16H19BrN2/c1-9(15(10-2-3-10)11-4-5-11)16-18-13-7-6-12(17)8-14(13)19-16/h6-11,15H,2-5H2,1H3,(H,18,19). The highest BCUT2D eigenvalue weighted by Gasteiger charge is 2.45. The van der Waals surface area contributed by atoms with Crippen LogP contribution in [0.25, 0.3) is 11.0 Å². The Morgan fingerprint density at radius 2 is 1.89 bits per heavy atom. The minimum atomic E-state index is 0.575. The highest BCUT2D eigenvalue weighted by atomic mass is 79.9. The minimum Gasteiger partial charge on any atom is -0.342 e. The molecular formula is C16H19BrN2. The van der Waals surface area contributed by atoms with Gasteiger partial charge in [-0.1, -0.05) is 22.9 Å². The Morgan fingerprint density at radius 3 is 2.53 bits per heavy atom. The van der Waals surface area contributed by atoms with Crippen LogP contribution in [0.3, 0.4) is 0 Å². The first-order valence-electron chi connectivity index (χ1n) is 7.37. The van der Waals surface area contributed by atoms with Crippen LogP contribution in [0, 0.1) is 17.8 Å². The Kier molecular flexibility index (Phi) is 2.73. The van der Waals surface area contributed by atoms with E-state index in [1.54, 1.807) is 0 Å². The topological polar surface area (TPSA) is 28.7 Å².